The SMILES string of the molecule is CC(C)c1ccc(-c2noc(CN3C(=O)NC4(CCSC4)C3=O)n2)cc1. The van der Waals surface area contributed by atoms with Crippen molar-refractivity contribution >= 4 is 23.7 Å². The van der Waals surface area contributed by atoms with Crippen molar-refractivity contribution in [2.75, 3.05) is 11.5 Å². The number of carbonyl (C=O) groups is 2. The summed E-state index contributed by atoms with van der Waals surface area (Å²) in [5.41, 5.74) is 1.32. The lowest BCUT2D eigenvalue weighted by Gasteiger charge is -2.18. The van der Waals surface area contributed by atoms with Gasteiger partial charge in [-0.05, 0) is 23.7 Å². The Morgan fingerprint density at radius 1 is 1.31 bits per heavy atom. The van der Waals surface area contributed by atoms with Gasteiger partial charge in [0.25, 0.3) is 5.91 Å². The molecule has 1 aromatic heterocycles. The second-order valence-electron chi connectivity index (χ2n) is 6.99. The third-order valence-electron chi connectivity index (χ3n) is 4.86. The van der Waals surface area contributed by atoms with E-state index >= 15 is 0 Å². The molecule has 0 saturated carbocycles. The van der Waals surface area contributed by atoms with E-state index < -0.39 is 11.6 Å². The molecule has 2 fully saturated rings. The van der Waals surface area contributed by atoms with Gasteiger partial charge in [-0.25, -0.2) is 4.79 Å². The lowest BCUT2D eigenvalue weighted by Crippen LogP contribution is -2.46. The number of nitrogens with zero attached hydrogens (tertiary/aromatic N) is 3. The fourth-order valence-electron chi connectivity index (χ4n) is 3.24. The van der Waals surface area contributed by atoms with Crippen LogP contribution in [0.15, 0.2) is 28.8 Å². The zero-order valence-corrected chi connectivity index (χ0v) is 15.5. The molecular formula is C18H20N4O3S. The predicted molar refractivity (Wildman–Crippen MR) is 97.6 cm³/mol. The van der Waals surface area contributed by atoms with Gasteiger partial charge in [0.1, 0.15) is 12.1 Å². The summed E-state index contributed by atoms with van der Waals surface area (Å²) in [6.07, 6.45) is 0.663. The number of thioether (sulfide) groups is 1. The second-order valence-corrected chi connectivity index (χ2v) is 8.10. The first-order valence-corrected chi connectivity index (χ1v) is 9.79. The second kappa shape index (κ2) is 6.42. The molecule has 1 N–H and O–H groups in total. The molecule has 0 radical (unpaired) electrons. The first-order valence-electron chi connectivity index (χ1n) is 8.63. The number of benzene rings is 1. The van der Waals surface area contributed by atoms with E-state index in [9.17, 15) is 9.59 Å². The van der Waals surface area contributed by atoms with Gasteiger partial charge in [-0.1, -0.05) is 43.3 Å². The van der Waals surface area contributed by atoms with E-state index in [2.05, 4.69) is 29.3 Å². The lowest BCUT2D eigenvalue weighted by atomic mass is 9.99. The van der Waals surface area contributed by atoms with Gasteiger partial charge < -0.3 is 9.84 Å². The molecule has 1 atom stereocenters. The van der Waals surface area contributed by atoms with E-state index in [1.54, 1.807) is 11.8 Å². The molecule has 2 aromatic rings. The minimum absolute atomic E-state index is 0.00579. The van der Waals surface area contributed by atoms with Crippen molar-refractivity contribution in [3.63, 3.8) is 0 Å². The normalized spacial score (nSPS) is 22.7. The number of urea groups is 1. The third-order valence-corrected chi connectivity index (χ3v) is 6.05. The number of carbonyl (C=O) groups excluding carboxylic acids is 2. The standard InChI is InChI=1S/C18H20N4O3S/c1-11(2)12-3-5-13(6-4-12)15-19-14(25-21-15)9-22-16(23)18(20-17(22)24)7-8-26-10-18/h3-6,11H,7-10H2,1-2H3,(H,20,24). The van der Waals surface area contributed by atoms with E-state index in [-0.39, 0.29) is 18.3 Å². The minimum Gasteiger partial charge on any atom is -0.337 e. The summed E-state index contributed by atoms with van der Waals surface area (Å²) in [6.45, 7) is 4.26. The Morgan fingerprint density at radius 2 is 2.08 bits per heavy atom. The highest BCUT2D eigenvalue weighted by Crippen LogP contribution is 2.34. The molecular weight excluding hydrogens is 352 g/mol. The van der Waals surface area contributed by atoms with Crippen LogP contribution in [0.25, 0.3) is 11.4 Å². The van der Waals surface area contributed by atoms with Crippen LogP contribution in [0.5, 0.6) is 0 Å². The van der Waals surface area contributed by atoms with Crippen molar-refractivity contribution in [3.8, 4) is 11.4 Å². The van der Waals surface area contributed by atoms with Crippen LogP contribution >= 0.6 is 11.8 Å². The van der Waals surface area contributed by atoms with Crippen LogP contribution < -0.4 is 5.32 Å². The summed E-state index contributed by atoms with van der Waals surface area (Å²) in [6, 6.07) is 7.58. The molecule has 26 heavy (non-hydrogen) atoms. The number of nitrogens with one attached hydrogen (secondary N) is 1. The molecule has 1 unspecified atom stereocenters. The average molecular weight is 372 g/mol. The fourth-order valence-corrected chi connectivity index (χ4v) is 4.57. The molecule has 3 heterocycles. The van der Waals surface area contributed by atoms with Gasteiger partial charge in [-0.3, -0.25) is 9.69 Å². The zero-order valence-electron chi connectivity index (χ0n) is 14.7. The molecule has 7 nitrogen and oxygen atoms in total. The maximum absolute atomic E-state index is 12.7. The highest BCUT2D eigenvalue weighted by Gasteiger charge is 2.53. The monoisotopic (exact) mass is 372 g/mol. The number of amides is 3. The number of hydrogen-bond donors (Lipinski definition) is 1. The minimum atomic E-state index is -0.753. The highest BCUT2D eigenvalue weighted by atomic mass is 32.2. The van der Waals surface area contributed by atoms with Crippen molar-refractivity contribution in [3.05, 3.63) is 35.7 Å². The number of aromatic nitrogens is 2. The Morgan fingerprint density at radius 3 is 2.73 bits per heavy atom. The highest BCUT2D eigenvalue weighted by molar-refractivity contribution is 7.99. The van der Waals surface area contributed by atoms with Crippen molar-refractivity contribution in [1.82, 2.24) is 20.4 Å². The quantitative estimate of drug-likeness (QED) is 0.830. The van der Waals surface area contributed by atoms with E-state index in [0.717, 1.165) is 11.3 Å². The van der Waals surface area contributed by atoms with Gasteiger partial charge in [0.05, 0.1) is 0 Å². The largest absolute Gasteiger partial charge is 0.337 e. The smallest absolute Gasteiger partial charge is 0.325 e. The van der Waals surface area contributed by atoms with Crippen LogP contribution in [0, 0.1) is 0 Å². The van der Waals surface area contributed by atoms with Crippen LogP contribution in [0.3, 0.4) is 0 Å². The summed E-state index contributed by atoms with van der Waals surface area (Å²) < 4.78 is 5.27. The molecule has 8 heteroatoms. The Bertz CT molecular complexity index is 840. The van der Waals surface area contributed by atoms with Gasteiger partial charge >= 0.3 is 6.03 Å². The van der Waals surface area contributed by atoms with E-state index in [1.807, 2.05) is 24.3 Å². The van der Waals surface area contributed by atoms with E-state index in [1.165, 1.54) is 10.5 Å². The molecule has 0 aliphatic carbocycles. The zero-order chi connectivity index (χ0) is 18.3. The van der Waals surface area contributed by atoms with Gasteiger partial charge in [-0.15, -0.1) is 0 Å². The van der Waals surface area contributed by atoms with Gasteiger partial charge in [0.15, 0.2) is 0 Å². The Hall–Kier alpha value is -2.35. The van der Waals surface area contributed by atoms with Crippen LogP contribution in [-0.2, 0) is 11.3 Å². The number of imide groups is 1. The molecule has 1 aromatic carbocycles. The van der Waals surface area contributed by atoms with Gasteiger partial charge in [0, 0.05) is 11.3 Å². The number of hydrogen-bond acceptors (Lipinski definition) is 6. The van der Waals surface area contributed by atoms with Crippen molar-refractivity contribution in [1.29, 1.82) is 0 Å². The summed E-state index contributed by atoms with van der Waals surface area (Å²) in [4.78, 5) is 30.4. The topological polar surface area (TPSA) is 88.3 Å². The first-order chi connectivity index (χ1) is 12.5. The first kappa shape index (κ1) is 17.1. The molecule has 136 valence electrons. The van der Waals surface area contributed by atoms with Gasteiger partial charge in [0.2, 0.25) is 11.7 Å². The van der Waals surface area contributed by atoms with Crippen molar-refractivity contribution in [2.24, 2.45) is 0 Å². The Kier molecular flexibility index (Phi) is 4.22. The predicted octanol–water partition coefficient (Wildman–Crippen LogP) is 2.79. The summed E-state index contributed by atoms with van der Waals surface area (Å²) in [5, 5.41) is 6.81. The molecule has 0 bridgehead atoms. The third kappa shape index (κ3) is 2.88. The van der Waals surface area contributed by atoms with Crippen molar-refractivity contribution in [2.45, 2.75) is 38.3 Å². The average Bonchev–Trinajstić information content (AvgIpc) is 3.33. The molecule has 2 aliphatic heterocycles. The van der Waals surface area contributed by atoms with E-state index in [4.69, 9.17) is 4.52 Å². The lowest BCUT2D eigenvalue weighted by molar-refractivity contribution is -0.131. The molecule has 3 amide bonds. The maximum atomic E-state index is 12.7. The van der Waals surface area contributed by atoms with Crippen LogP contribution in [0.2, 0.25) is 0 Å². The van der Waals surface area contributed by atoms with Gasteiger partial charge in [-0.2, -0.15) is 16.7 Å². The maximum Gasteiger partial charge on any atom is 0.325 e. The molecule has 2 aliphatic rings. The Labute approximate surface area is 155 Å². The summed E-state index contributed by atoms with van der Waals surface area (Å²) in [5.74, 6) is 2.44. The molecule has 4 rings (SSSR count). The summed E-state index contributed by atoms with van der Waals surface area (Å²) >= 11 is 1.68. The molecule has 2 saturated heterocycles. The Balaban J connectivity index is 1.50. The van der Waals surface area contributed by atoms with Crippen LogP contribution in [0.1, 0.15) is 37.6 Å². The van der Waals surface area contributed by atoms with Crippen LogP contribution in [0.4, 0.5) is 4.79 Å². The fraction of sp³-hybridized carbons (Fsp3) is 0.444. The van der Waals surface area contributed by atoms with Crippen molar-refractivity contribution < 1.29 is 14.1 Å². The number of rotatable bonds is 4. The van der Waals surface area contributed by atoms with E-state index in [0.29, 0.717) is 23.9 Å². The van der Waals surface area contributed by atoms with Crippen LogP contribution in [-0.4, -0.2) is 44.0 Å². The summed E-state index contributed by atoms with van der Waals surface area (Å²) in [7, 11) is 0. The molecule has 1 spiro atoms.